The summed E-state index contributed by atoms with van der Waals surface area (Å²) >= 11 is 10.0. The Morgan fingerprint density at radius 1 is 1.69 bits per heavy atom. The molecular formula is C8H12BrClN2O2S2. The molecule has 1 heterocycles. The minimum Gasteiger partial charge on any atom is -0.329 e. The lowest BCUT2D eigenvalue weighted by Gasteiger charge is -2.13. The van der Waals surface area contributed by atoms with Crippen LogP contribution >= 0.6 is 38.9 Å². The molecule has 0 radical (unpaired) electrons. The van der Waals surface area contributed by atoms with Gasteiger partial charge in [-0.1, -0.05) is 18.5 Å². The van der Waals surface area contributed by atoms with Crippen molar-refractivity contribution in [2.24, 2.45) is 5.73 Å². The first-order chi connectivity index (χ1) is 7.40. The van der Waals surface area contributed by atoms with Crippen molar-refractivity contribution in [3.63, 3.8) is 0 Å². The predicted molar refractivity (Wildman–Crippen MR) is 70.5 cm³/mol. The molecule has 0 fully saturated rings. The highest BCUT2D eigenvalue weighted by Gasteiger charge is 2.21. The minimum atomic E-state index is -3.51. The molecule has 1 unspecified atom stereocenters. The van der Waals surface area contributed by atoms with E-state index < -0.39 is 10.0 Å². The molecule has 0 aromatic carbocycles. The van der Waals surface area contributed by atoms with Crippen molar-refractivity contribution in [2.45, 2.75) is 23.6 Å². The van der Waals surface area contributed by atoms with Gasteiger partial charge in [0.15, 0.2) is 0 Å². The van der Waals surface area contributed by atoms with Crippen LogP contribution in [0.25, 0.3) is 0 Å². The average Bonchev–Trinajstić information content (AvgIpc) is 2.56. The van der Waals surface area contributed by atoms with Crippen LogP contribution in [0.15, 0.2) is 14.1 Å². The van der Waals surface area contributed by atoms with Crippen molar-refractivity contribution >= 4 is 48.9 Å². The SMILES string of the molecule is CCC(CN)NS(=O)(=O)c1cc(Cl)c(Br)s1. The normalized spacial score (nSPS) is 14.0. The van der Waals surface area contributed by atoms with Crippen LogP contribution in [-0.2, 0) is 10.0 Å². The van der Waals surface area contributed by atoms with Crippen LogP contribution in [0.1, 0.15) is 13.3 Å². The summed E-state index contributed by atoms with van der Waals surface area (Å²) in [5.41, 5.74) is 5.44. The van der Waals surface area contributed by atoms with E-state index in [1.165, 1.54) is 6.07 Å². The van der Waals surface area contributed by atoms with Gasteiger partial charge in [0, 0.05) is 12.6 Å². The average molecular weight is 348 g/mol. The molecule has 0 spiro atoms. The minimum absolute atomic E-state index is 0.191. The molecule has 1 rings (SSSR count). The second-order valence-corrected chi connectivity index (χ2v) is 7.87. The van der Waals surface area contributed by atoms with E-state index in [4.69, 9.17) is 17.3 Å². The number of sulfonamides is 1. The zero-order valence-electron chi connectivity index (χ0n) is 8.54. The maximum absolute atomic E-state index is 11.9. The molecule has 92 valence electrons. The highest BCUT2D eigenvalue weighted by molar-refractivity contribution is 9.11. The fourth-order valence-corrected chi connectivity index (χ4v) is 4.78. The van der Waals surface area contributed by atoms with E-state index in [0.29, 0.717) is 15.2 Å². The summed E-state index contributed by atoms with van der Waals surface area (Å²) in [5.74, 6) is 0. The largest absolute Gasteiger partial charge is 0.329 e. The van der Waals surface area contributed by atoms with Gasteiger partial charge in [0.25, 0.3) is 0 Å². The quantitative estimate of drug-likeness (QED) is 0.857. The van der Waals surface area contributed by atoms with E-state index in [1.54, 1.807) is 0 Å². The standard InChI is InChI=1S/C8H12BrClN2O2S2/c1-2-5(4-11)12-16(13,14)7-3-6(10)8(9)15-7/h3,5,12H,2,4,11H2,1H3. The Morgan fingerprint density at radius 3 is 2.69 bits per heavy atom. The zero-order valence-corrected chi connectivity index (χ0v) is 12.5. The number of halogens is 2. The van der Waals surface area contributed by atoms with Gasteiger partial charge in [-0.2, -0.15) is 0 Å². The van der Waals surface area contributed by atoms with E-state index in [1.807, 2.05) is 6.92 Å². The molecular weight excluding hydrogens is 336 g/mol. The molecule has 0 aliphatic heterocycles. The monoisotopic (exact) mass is 346 g/mol. The first kappa shape index (κ1) is 14.4. The molecule has 3 N–H and O–H groups in total. The van der Waals surface area contributed by atoms with Crippen molar-refractivity contribution < 1.29 is 8.42 Å². The van der Waals surface area contributed by atoms with Crippen LogP contribution in [0.2, 0.25) is 5.02 Å². The Balaban J connectivity index is 2.94. The number of nitrogens with one attached hydrogen (secondary N) is 1. The number of nitrogens with two attached hydrogens (primary N) is 1. The Kier molecular flexibility index (Phi) is 5.21. The molecule has 1 atom stereocenters. The number of rotatable bonds is 5. The Bertz CT molecular complexity index is 437. The van der Waals surface area contributed by atoms with Gasteiger partial charge >= 0.3 is 0 Å². The third kappa shape index (κ3) is 3.41. The number of hydrogen-bond acceptors (Lipinski definition) is 4. The van der Waals surface area contributed by atoms with Crippen LogP contribution in [0.5, 0.6) is 0 Å². The van der Waals surface area contributed by atoms with E-state index >= 15 is 0 Å². The van der Waals surface area contributed by atoms with Crippen LogP contribution in [0.4, 0.5) is 0 Å². The Labute approximate surface area is 112 Å². The summed E-state index contributed by atoms with van der Waals surface area (Å²) in [7, 11) is -3.51. The molecule has 0 saturated carbocycles. The summed E-state index contributed by atoms with van der Waals surface area (Å²) in [5, 5.41) is 0.395. The fourth-order valence-electron chi connectivity index (χ4n) is 1.03. The molecule has 16 heavy (non-hydrogen) atoms. The van der Waals surface area contributed by atoms with Gasteiger partial charge < -0.3 is 5.73 Å². The summed E-state index contributed by atoms with van der Waals surface area (Å²) in [6, 6.07) is 1.17. The number of thiophene rings is 1. The van der Waals surface area contributed by atoms with E-state index in [0.717, 1.165) is 11.3 Å². The van der Waals surface area contributed by atoms with Crippen molar-refractivity contribution in [2.75, 3.05) is 6.54 Å². The molecule has 0 saturated heterocycles. The smallest absolute Gasteiger partial charge is 0.250 e. The molecule has 4 nitrogen and oxygen atoms in total. The van der Waals surface area contributed by atoms with Crippen LogP contribution in [-0.4, -0.2) is 21.0 Å². The summed E-state index contributed by atoms with van der Waals surface area (Å²) in [6.07, 6.45) is 0.649. The summed E-state index contributed by atoms with van der Waals surface area (Å²) < 4.78 is 27.1. The Hall–Kier alpha value is 0.340. The van der Waals surface area contributed by atoms with Crippen LogP contribution < -0.4 is 10.5 Å². The molecule has 0 aliphatic carbocycles. The zero-order chi connectivity index (χ0) is 12.3. The van der Waals surface area contributed by atoms with Crippen molar-refractivity contribution in [1.82, 2.24) is 4.72 Å². The van der Waals surface area contributed by atoms with Gasteiger partial charge in [0.1, 0.15) is 4.21 Å². The molecule has 8 heteroatoms. The maximum Gasteiger partial charge on any atom is 0.250 e. The lowest BCUT2D eigenvalue weighted by atomic mass is 10.2. The number of hydrogen-bond donors (Lipinski definition) is 2. The van der Waals surface area contributed by atoms with E-state index in [-0.39, 0.29) is 16.8 Å². The molecule has 1 aromatic heterocycles. The highest BCUT2D eigenvalue weighted by atomic mass is 79.9. The predicted octanol–water partition coefficient (Wildman–Crippen LogP) is 2.18. The Morgan fingerprint density at radius 2 is 2.31 bits per heavy atom. The highest BCUT2D eigenvalue weighted by Crippen LogP contribution is 2.34. The first-order valence-corrected chi connectivity index (χ1v) is 8.05. The summed E-state index contributed by atoms with van der Waals surface area (Å²) in [6.45, 7) is 2.15. The molecule has 0 amide bonds. The first-order valence-electron chi connectivity index (χ1n) is 4.58. The van der Waals surface area contributed by atoms with Gasteiger partial charge in [-0.25, -0.2) is 13.1 Å². The van der Waals surface area contributed by atoms with Crippen molar-refractivity contribution in [3.05, 3.63) is 14.9 Å². The fraction of sp³-hybridized carbons (Fsp3) is 0.500. The topological polar surface area (TPSA) is 72.2 Å². The third-order valence-electron chi connectivity index (χ3n) is 1.99. The maximum atomic E-state index is 11.9. The van der Waals surface area contributed by atoms with E-state index in [2.05, 4.69) is 20.7 Å². The lowest BCUT2D eigenvalue weighted by molar-refractivity contribution is 0.544. The van der Waals surface area contributed by atoms with Crippen LogP contribution in [0, 0.1) is 0 Å². The second-order valence-electron chi connectivity index (χ2n) is 3.15. The van der Waals surface area contributed by atoms with Gasteiger partial charge in [0.05, 0.1) is 8.81 Å². The van der Waals surface area contributed by atoms with Crippen molar-refractivity contribution in [3.8, 4) is 0 Å². The van der Waals surface area contributed by atoms with E-state index in [9.17, 15) is 8.42 Å². The van der Waals surface area contributed by atoms with Gasteiger partial charge in [-0.3, -0.25) is 0 Å². The lowest BCUT2D eigenvalue weighted by Crippen LogP contribution is -2.39. The third-order valence-corrected chi connectivity index (χ3v) is 6.46. The van der Waals surface area contributed by atoms with Crippen molar-refractivity contribution in [1.29, 1.82) is 0 Å². The van der Waals surface area contributed by atoms with Crippen LogP contribution in [0.3, 0.4) is 0 Å². The van der Waals surface area contributed by atoms with Gasteiger partial charge in [-0.15, -0.1) is 11.3 Å². The van der Waals surface area contributed by atoms with Gasteiger partial charge in [-0.05, 0) is 28.4 Å². The molecule has 1 aromatic rings. The second kappa shape index (κ2) is 5.79. The molecule has 0 aliphatic rings. The summed E-state index contributed by atoms with van der Waals surface area (Å²) in [4.78, 5) is 0. The van der Waals surface area contributed by atoms with Gasteiger partial charge in [0.2, 0.25) is 10.0 Å². The molecule has 0 bridgehead atoms.